The van der Waals surface area contributed by atoms with E-state index in [1.807, 2.05) is 41.8 Å². The highest BCUT2D eigenvalue weighted by Gasteiger charge is 2.23. The smallest absolute Gasteiger partial charge is 0.277 e. The van der Waals surface area contributed by atoms with Crippen molar-refractivity contribution in [2.75, 3.05) is 19.5 Å². The number of phenolic OH excluding ortho intramolecular Hbond substituents is 1. The first kappa shape index (κ1) is 21.9. The van der Waals surface area contributed by atoms with Crippen LogP contribution in [0.1, 0.15) is 39.3 Å². The number of hydrogen-bond donors (Lipinski definition) is 2. The second kappa shape index (κ2) is 8.79. The van der Waals surface area contributed by atoms with E-state index in [0.29, 0.717) is 18.1 Å². The molecule has 8 nitrogen and oxygen atoms in total. The number of aryl methyl sites for hydroxylation is 2. The summed E-state index contributed by atoms with van der Waals surface area (Å²) in [5.74, 6) is 1.42. The minimum absolute atomic E-state index is 0.214. The van der Waals surface area contributed by atoms with Crippen molar-refractivity contribution in [2.24, 2.45) is 0 Å². The molecule has 0 saturated carbocycles. The zero-order valence-corrected chi connectivity index (χ0v) is 19.5. The van der Waals surface area contributed by atoms with Crippen molar-refractivity contribution < 1.29 is 14.7 Å². The van der Waals surface area contributed by atoms with Crippen LogP contribution in [0.25, 0.3) is 16.9 Å². The van der Waals surface area contributed by atoms with E-state index >= 15 is 0 Å². The fourth-order valence-electron chi connectivity index (χ4n) is 4.59. The SMILES string of the molecule is CON(C)C(=O)c1cccc2c1cc(C)n2-c1nc2c(c(NCc3cccc(O)c3)n1)CCC2. The molecule has 4 aromatic rings. The molecule has 1 aliphatic carbocycles. The third kappa shape index (κ3) is 3.86. The number of anilines is 1. The molecule has 0 unspecified atom stereocenters. The van der Waals surface area contributed by atoms with Gasteiger partial charge in [0, 0.05) is 30.2 Å². The fraction of sp³-hybridized carbons (Fsp3) is 0.269. The molecule has 0 aliphatic heterocycles. The van der Waals surface area contributed by atoms with E-state index in [9.17, 15) is 9.90 Å². The van der Waals surface area contributed by atoms with E-state index in [2.05, 4.69) is 5.32 Å². The zero-order valence-electron chi connectivity index (χ0n) is 19.5. The summed E-state index contributed by atoms with van der Waals surface area (Å²) < 4.78 is 2.00. The Balaban J connectivity index is 1.58. The summed E-state index contributed by atoms with van der Waals surface area (Å²) in [6, 6.07) is 14.8. The fourth-order valence-corrected chi connectivity index (χ4v) is 4.59. The lowest BCUT2D eigenvalue weighted by molar-refractivity contribution is -0.0755. The summed E-state index contributed by atoms with van der Waals surface area (Å²) in [6.45, 7) is 2.54. The zero-order chi connectivity index (χ0) is 23.8. The van der Waals surface area contributed by atoms with Crippen LogP contribution in [0.15, 0.2) is 48.5 Å². The Hall–Kier alpha value is -3.91. The Morgan fingerprint density at radius 3 is 2.79 bits per heavy atom. The summed E-state index contributed by atoms with van der Waals surface area (Å²) in [4.78, 5) is 27.8. The summed E-state index contributed by atoms with van der Waals surface area (Å²) in [5, 5.41) is 15.3. The highest BCUT2D eigenvalue weighted by molar-refractivity contribution is 6.06. The molecular formula is C26H27N5O3. The maximum absolute atomic E-state index is 12.8. The van der Waals surface area contributed by atoms with Gasteiger partial charge in [-0.3, -0.25) is 14.2 Å². The van der Waals surface area contributed by atoms with Crippen molar-refractivity contribution >= 4 is 22.6 Å². The Bertz CT molecular complexity index is 1390. The first-order chi connectivity index (χ1) is 16.5. The average molecular weight is 458 g/mol. The first-order valence-electron chi connectivity index (χ1n) is 11.3. The van der Waals surface area contributed by atoms with Crippen LogP contribution in [0.2, 0.25) is 0 Å². The molecule has 1 aliphatic rings. The van der Waals surface area contributed by atoms with Gasteiger partial charge in [-0.15, -0.1) is 0 Å². The standard InChI is InChI=1S/C26H27N5O3/c1-16-13-21-19(25(33)30(2)34-3)9-6-12-23(21)31(16)26-28-22-11-5-10-20(22)24(29-26)27-15-17-7-4-8-18(32)14-17/h4,6-9,12-14,32H,5,10-11,15H2,1-3H3,(H,27,28,29). The molecule has 2 heterocycles. The van der Waals surface area contributed by atoms with Gasteiger partial charge in [0.25, 0.3) is 5.91 Å². The molecule has 0 atom stereocenters. The lowest BCUT2D eigenvalue weighted by Gasteiger charge is -2.15. The van der Waals surface area contributed by atoms with Crippen LogP contribution in [-0.2, 0) is 24.2 Å². The molecular weight excluding hydrogens is 430 g/mol. The molecule has 2 N–H and O–H groups in total. The van der Waals surface area contributed by atoms with Crippen molar-refractivity contribution in [3.05, 3.63) is 76.6 Å². The van der Waals surface area contributed by atoms with Crippen molar-refractivity contribution in [3.63, 3.8) is 0 Å². The van der Waals surface area contributed by atoms with Crippen LogP contribution < -0.4 is 5.32 Å². The van der Waals surface area contributed by atoms with E-state index in [-0.39, 0.29) is 11.7 Å². The molecule has 0 saturated heterocycles. The van der Waals surface area contributed by atoms with Gasteiger partial charge in [0.2, 0.25) is 5.95 Å². The number of fused-ring (bicyclic) bond motifs is 2. The summed E-state index contributed by atoms with van der Waals surface area (Å²) in [7, 11) is 3.07. The van der Waals surface area contributed by atoms with Gasteiger partial charge in [-0.25, -0.2) is 10.0 Å². The van der Waals surface area contributed by atoms with E-state index in [0.717, 1.165) is 58.5 Å². The van der Waals surface area contributed by atoms with Gasteiger partial charge in [-0.05, 0) is 62.1 Å². The van der Waals surface area contributed by atoms with Gasteiger partial charge in [-0.1, -0.05) is 18.2 Å². The molecule has 1 amide bonds. The topological polar surface area (TPSA) is 92.5 Å². The summed E-state index contributed by atoms with van der Waals surface area (Å²) in [6.07, 6.45) is 2.89. The number of amides is 1. The number of carbonyl (C=O) groups excluding carboxylic acids is 1. The maximum Gasteiger partial charge on any atom is 0.277 e. The van der Waals surface area contributed by atoms with E-state index < -0.39 is 0 Å². The van der Waals surface area contributed by atoms with Crippen molar-refractivity contribution in [2.45, 2.75) is 32.7 Å². The predicted molar refractivity (Wildman–Crippen MR) is 130 cm³/mol. The highest BCUT2D eigenvalue weighted by Crippen LogP contribution is 2.31. The predicted octanol–water partition coefficient (Wildman–Crippen LogP) is 4.17. The van der Waals surface area contributed by atoms with Crippen LogP contribution in [0.5, 0.6) is 5.75 Å². The monoisotopic (exact) mass is 457 g/mol. The largest absolute Gasteiger partial charge is 0.508 e. The molecule has 34 heavy (non-hydrogen) atoms. The molecule has 0 bridgehead atoms. The van der Waals surface area contributed by atoms with Gasteiger partial charge in [0.05, 0.1) is 23.9 Å². The third-order valence-electron chi connectivity index (χ3n) is 6.31. The number of aromatic nitrogens is 3. The van der Waals surface area contributed by atoms with Crippen LogP contribution >= 0.6 is 0 Å². The van der Waals surface area contributed by atoms with E-state index in [1.165, 1.54) is 12.2 Å². The molecule has 0 spiro atoms. The van der Waals surface area contributed by atoms with Gasteiger partial charge in [-0.2, -0.15) is 4.98 Å². The van der Waals surface area contributed by atoms with E-state index in [1.54, 1.807) is 25.2 Å². The second-order valence-corrected chi connectivity index (χ2v) is 8.52. The van der Waals surface area contributed by atoms with Crippen molar-refractivity contribution in [3.8, 4) is 11.7 Å². The van der Waals surface area contributed by atoms with Gasteiger partial charge in [0.15, 0.2) is 0 Å². The highest BCUT2D eigenvalue weighted by atomic mass is 16.7. The third-order valence-corrected chi connectivity index (χ3v) is 6.31. The number of nitrogens with zero attached hydrogens (tertiary/aromatic N) is 4. The van der Waals surface area contributed by atoms with Crippen LogP contribution in [0.3, 0.4) is 0 Å². The molecule has 2 aromatic heterocycles. The number of hydrogen-bond acceptors (Lipinski definition) is 6. The number of carbonyl (C=O) groups is 1. The minimum atomic E-state index is -0.214. The van der Waals surface area contributed by atoms with Crippen LogP contribution in [0, 0.1) is 6.92 Å². The minimum Gasteiger partial charge on any atom is -0.508 e. The number of rotatable bonds is 6. The van der Waals surface area contributed by atoms with Gasteiger partial charge in [0.1, 0.15) is 11.6 Å². The first-order valence-corrected chi connectivity index (χ1v) is 11.3. The Labute approximate surface area is 197 Å². The quantitative estimate of drug-likeness (QED) is 0.422. The number of hydroxylamine groups is 2. The average Bonchev–Trinajstić information content (AvgIpc) is 3.44. The molecule has 8 heteroatoms. The second-order valence-electron chi connectivity index (χ2n) is 8.52. The number of benzene rings is 2. The molecule has 2 aromatic carbocycles. The molecule has 0 radical (unpaired) electrons. The van der Waals surface area contributed by atoms with Crippen molar-refractivity contribution in [1.82, 2.24) is 19.6 Å². The lowest BCUT2D eigenvalue weighted by Crippen LogP contribution is -2.25. The van der Waals surface area contributed by atoms with E-state index in [4.69, 9.17) is 14.8 Å². The normalized spacial score (nSPS) is 12.7. The Morgan fingerprint density at radius 2 is 2.00 bits per heavy atom. The number of nitrogens with one attached hydrogen (secondary N) is 1. The molecule has 174 valence electrons. The summed E-state index contributed by atoms with van der Waals surface area (Å²) in [5.41, 5.74) is 5.54. The summed E-state index contributed by atoms with van der Waals surface area (Å²) >= 11 is 0. The maximum atomic E-state index is 12.8. The molecule has 5 rings (SSSR count). The molecule has 0 fully saturated rings. The lowest BCUT2D eigenvalue weighted by atomic mass is 10.1. The van der Waals surface area contributed by atoms with Crippen molar-refractivity contribution in [1.29, 1.82) is 0 Å². The van der Waals surface area contributed by atoms with Crippen LogP contribution in [-0.4, -0.2) is 44.8 Å². The van der Waals surface area contributed by atoms with Crippen LogP contribution in [0.4, 0.5) is 5.82 Å². The Kier molecular flexibility index (Phi) is 5.67. The van der Waals surface area contributed by atoms with Gasteiger partial charge >= 0.3 is 0 Å². The Morgan fingerprint density at radius 1 is 1.18 bits per heavy atom. The number of phenols is 1. The number of aromatic hydroxyl groups is 1. The van der Waals surface area contributed by atoms with Gasteiger partial charge < -0.3 is 10.4 Å².